The summed E-state index contributed by atoms with van der Waals surface area (Å²) in [6, 6.07) is 10.2. The van der Waals surface area contributed by atoms with Crippen LogP contribution in [-0.2, 0) is 11.3 Å². The average molecular weight is 390 g/mol. The number of nitrogens with one attached hydrogen (secondary N) is 1. The second kappa shape index (κ2) is 8.86. The van der Waals surface area contributed by atoms with Crippen molar-refractivity contribution in [2.45, 2.75) is 45.2 Å². The molecule has 1 N–H and O–H groups in total. The molecule has 3 heterocycles. The summed E-state index contributed by atoms with van der Waals surface area (Å²) in [5.41, 5.74) is 2.35. The van der Waals surface area contributed by atoms with Gasteiger partial charge in [0.15, 0.2) is 0 Å². The lowest BCUT2D eigenvalue weighted by Crippen LogP contribution is -2.43. The molecule has 1 aromatic carbocycles. The molecule has 3 aromatic rings. The Morgan fingerprint density at radius 3 is 2.93 bits per heavy atom. The largest absolute Gasteiger partial charge is 0.353 e. The molecule has 1 aliphatic rings. The van der Waals surface area contributed by atoms with E-state index in [0.29, 0.717) is 18.9 Å². The van der Waals surface area contributed by atoms with Gasteiger partial charge in [0.05, 0.1) is 0 Å². The van der Waals surface area contributed by atoms with Crippen LogP contribution in [0.5, 0.6) is 0 Å². The van der Waals surface area contributed by atoms with Crippen LogP contribution < -0.4 is 10.2 Å². The van der Waals surface area contributed by atoms with E-state index in [1.54, 1.807) is 23.3 Å². The number of anilines is 1. The molecule has 0 saturated carbocycles. The third kappa shape index (κ3) is 4.62. The highest BCUT2D eigenvalue weighted by Crippen LogP contribution is 2.25. The normalized spacial score (nSPS) is 16.6. The molecule has 1 amide bonds. The van der Waals surface area contributed by atoms with Crippen LogP contribution in [0.25, 0.3) is 5.95 Å². The molecule has 0 bridgehead atoms. The molecule has 2 aromatic heterocycles. The number of amides is 1. The molecular formula is C22H26N6O. The van der Waals surface area contributed by atoms with Gasteiger partial charge in [0.25, 0.3) is 0 Å². The highest BCUT2D eigenvalue weighted by molar-refractivity contribution is 5.77. The number of hydrogen-bond donors (Lipinski definition) is 1. The summed E-state index contributed by atoms with van der Waals surface area (Å²) < 4.78 is 1.79. The number of benzene rings is 1. The van der Waals surface area contributed by atoms with E-state index in [0.717, 1.165) is 37.2 Å². The molecule has 4 rings (SSSR count). The van der Waals surface area contributed by atoms with Gasteiger partial charge in [-0.1, -0.05) is 24.3 Å². The molecule has 1 saturated heterocycles. The zero-order chi connectivity index (χ0) is 20.1. The number of rotatable bonds is 6. The predicted octanol–water partition coefficient (Wildman–Crippen LogP) is 3.04. The fourth-order valence-corrected chi connectivity index (χ4v) is 3.80. The van der Waals surface area contributed by atoms with E-state index in [4.69, 9.17) is 4.98 Å². The van der Waals surface area contributed by atoms with E-state index in [1.807, 2.05) is 24.4 Å². The first-order valence-corrected chi connectivity index (χ1v) is 10.1. The van der Waals surface area contributed by atoms with Crippen LogP contribution in [-0.4, -0.2) is 38.0 Å². The Balaban J connectivity index is 1.43. The Hall–Kier alpha value is -3.22. The van der Waals surface area contributed by atoms with Crippen LogP contribution in [0.15, 0.2) is 55.2 Å². The summed E-state index contributed by atoms with van der Waals surface area (Å²) >= 11 is 0. The van der Waals surface area contributed by atoms with Crippen molar-refractivity contribution in [2.75, 3.05) is 11.4 Å². The van der Waals surface area contributed by atoms with Gasteiger partial charge in [-0.3, -0.25) is 9.36 Å². The van der Waals surface area contributed by atoms with Gasteiger partial charge in [0, 0.05) is 44.1 Å². The van der Waals surface area contributed by atoms with Gasteiger partial charge in [-0.2, -0.15) is 4.98 Å². The Morgan fingerprint density at radius 1 is 1.21 bits per heavy atom. The summed E-state index contributed by atoms with van der Waals surface area (Å²) in [7, 11) is 0. The second-order valence-electron chi connectivity index (χ2n) is 7.44. The van der Waals surface area contributed by atoms with E-state index >= 15 is 0 Å². The Bertz CT molecular complexity index is 955. The van der Waals surface area contributed by atoms with E-state index in [2.05, 4.69) is 39.2 Å². The number of imidazole rings is 1. The first-order valence-electron chi connectivity index (χ1n) is 10.1. The van der Waals surface area contributed by atoms with E-state index in [1.165, 1.54) is 5.56 Å². The summed E-state index contributed by atoms with van der Waals surface area (Å²) in [6.07, 6.45) is 10.7. The van der Waals surface area contributed by atoms with Crippen molar-refractivity contribution >= 4 is 11.7 Å². The quantitative estimate of drug-likeness (QED) is 0.700. The summed E-state index contributed by atoms with van der Waals surface area (Å²) in [4.78, 5) is 28.0. The fraction of sp³-hybridized carbons (Fsp3) is 0.364. The van der Waals surface area contributed by atoms with Crippen molar-refractivity contribution in [3.05, 3.63) is 66.4 Å². The maximum atomic E-state index is 12.6. The molecule has 1 atom stereocenters. The monoisotopic (exact) mass is 390 g/mol. The van der Waals surface area contributed by atoms with Crippen molar-refractivity contribution in [3.8, 4) is 5.95 Å². The van der Waals surface area contributed by atoms with Gasteiger partial charge in [-0.05, 0) is 43.4 Å². The van der Waals surface area contributed by atoms with Gasteiger partial charge >= 0.3 is 0 Å². The van der Waals surface area contributed by atoms with Crippen molar-refractivity contribution in [3.63, 3.8) is 0 Å². The van der Waals surface area contributed by atoms with Crippen LogP contribution in [0.2, 0.25) is 0 Å². The minimum atomic E-state index is 0.0778. The summed E-state index contributed by atoms with van der Waals surface area (Å²) in [6.45, 7) is 3.53. The van der Waals surface area contributed by atoms with Gasteiger partial charge in [0.2, 0.25) is 11.9 Å². The number of aromatic nitrogens is 4. The smallest absolute Gasteiger partial charge is 0.236 e. The number of piperidine rings is 1. The zero-order valence-corrected chi connectivity index (χ0v) is 16.7. The van der Waals surface area contributed by atoms with Crippen molar-refractivity contribution in [1.29, 1.82) is 0 Å². The minimum absolute atomic E-state index is 0.0778. The summed E-state index contributed by atoms with van der Waals surface area (Å²) in [5.74, 6) is 1.53. The van der Waals surface area contributed by atoms with Gasteiger partial charge < -0.3 is 10.2 Å². The number of carbonyl (C=O) groups excluding carboxylic acids is 1. The molecule has 29 heavy (non-hydrogen) atoms. The topological polar surface area (TPSA) is 75.9 Å². The first kappa shape index (κ1) is 19.1. The number of carbonyl (C=O) groups is 1. The van der Waals surface area contributed by atoms with Crippen LogP contribution in [0.4, 0.5) is 5.82 Å². The number of nitrogens with zero attached hydrogens (tertiary/aromatic N) is 5. The highest BCUT2D eigenvalue weighted by Gasteiger charge is 2.26. The molecule has 0 spiro atoms. The third-order valence-electron chi connectivity index (χ3n) is 5.44. The molecular weight excluding hydrogens is 364 g/mol. The van der Waals surface area contributed by atoms with Crippen LogP contribution in [0.3, 0.4) is 0 Å². The Labute approximate surface area is 170 Å². The average Bonchev–Trinajstić information content (AvgIpc) is 3.29. The van der Waals surface area contributed by atoms with Crippen molar-refractivity contribution in [1.82, 2.24) is 24.8 Å². The highest BCUT2D eigenvalue weighted by atomic mass is 16.1. The van der Waals surface area contributed by atoms with Gasteiger partial charge in [-0.25, -0.2) is 9.97 Å². The molecule has 1 aliphatic heterocycles. The van der Waals surface area contributed by atoms with Crippen molar-refractivity contribution < 1.29 is 4.79 Å². The molecule has 1 fully saturated rings. The zero-order valence-electron chi connectivity index (χ0n) is 16.7. The Morgan fingerprint density at radius 2 is 2.10 bits per heavy atom. The fourth-order valence-electron chi connectivity index (χ4n) is 3.80. The molecule has 0 aliphatic carbocycles. The third-order valence-corrected chi connectivity index (χ3v) is 5.44. The Kier molecular flexibility index (Phi) is 5.84. The maximum Gasteiger partial charge on any atom is 0.236 e. The van der Waals surface area contributed by atoms with Gasteiger partial charge in [-0.15, -0.1) is 0 Å². The van der Waals surface area contributed by atoms with Crippen LogP contribution in [0, 0.1) is 6.92 Å². The van der Waals surface area contributed by atoms with E-state index < -0.39 is 0 Å². The standard InChI is InChI=1S/C22H26N6O/c1-17-6-2-3-7-18(17)15-25-21(29)14-19-8-4-5-12-28(19)20-9-10-24-22(26-20)27-13-11-23-16-27/h2-3,6-7,9-11,13,16,19H,4-5,8,12,14-15H2,1H3,(H,25,29). The van der Waals surface area contributed by atoms with Crippen LogP contribution in [0.1, 0.15) is 36.8 Å². The van der Waals surface area contributed by atoms with E-state index in [9.17, 15) is 4.79 Å². The van der Waals surface area contributed by atoms with Crippen molar-refractivity contribution in [2.24, 2.45) is 0 Å². The SMILES string of the molecule is Cc1ccccc1CNC(=O)CC1CCCCN1c1ccnc(-n2ccnc2)n1. The lowest BCUT2D eigenvalue weighted by atomic mass is 9.99. The molecule has 0 radical (unpaired) electrons. The van der Waals surface area contributed by atoms with E-state index in [-0.39, 0.29) is 11.9 Å². The second-order valence-corrected chi connectivity index (χ2v) is 7.44. The molecule has 7 heteroatoms. The molecule has 150 valence electrons. The lowest BCUT2D eigenvalue weighted by Gasteiger charge is -2.36. The number of aryl methyl sites for hydroxylation is 1. The lowest BCUT2D eigenvalue weighted by molar-refractivity contribution is -0.121. The first-order chi connectivity index (χ1) is 14.2. The maximum absolute atomic E-state index is 12.6. The van der Waals surface area contributed by atoms with Gasteiger partial charge in [0.1, 0.15) is 12.1 Å². The molecule has 1 unspecified atom stereocenters. The van der Waals surface area contributed by atoms with Crippen LogP contribution >= 0.6 is 0 Å². The molecule has 7 nitrogen and oxygen atoms in total. The summed E-state index contributed by atoms with van der Waals surface area (Å²) in [5, 5.41) is 3.08. The number of hydrogen-bond acceptors (Lipinski definition) is 5. The minimum Gasteiger partial charge on any atom is -0.353 e. The predicted molar refractivity (Wildman–Crippen MR) is 112 cm³/mol.